The molecule has 2 aromatic heterocycles. The minimum absolute atomic E-state index is 0.0311. The molecule has 0 saturated carbocycles. The van der Waals surface area contributed by atoms with Crippen LogP contribution in [0.2, 0.25) is 0 Å². The fourth-order valence-electron chi connectivity index (χ4n) is 4.38. The Morgan fingerprint density at radius 1 is 1.12 bits per heavy atom. The molecule has 32 heavy (non-hydrogen) atoms. The van der Waals surface area contributed by atoms with Crippen molar-refractivity contribution in [2.75, 3.05) is 31.2 Å². The summed E-state index contributed by atoms with van der Waals surface area (Å²) in [7, 11) is 0. The lowest BCUT2D eigenvalue weighted by Gasteiger charge is -2.26. The summed E-state index contributed by atoms with van der Waals surface area (Å²) in [6.07, 6.45) is 4.80. The van der Waals surface area contributed by atoms with Crippen molar-refractivity contribution in [1.82, 2.24) is 20.5 Å². The van der Waals surface area contributed by atoms with E-state index in [4.69, 9.17) is 4.74 Å². The Balaban J connectivity index is 1.28. The number of anilines is 1. The normalized spacial score (nSPS) is 19.6. The summed E-state index contributed by atoms with van der Waals surface area (Å²) in [5.74, 6) is 0.340. The third-order valence-electron chi connectivity index (χ3n) is 6.10. The SMILES string of the molecule is Cc1ncc(-c2cc(O)c(-c3ccc(N4CC[C@H](NC5CCOCC5)C4)nn3)cc2F)s1. The maximum Gasteiger partial charge on any atom is 0.151 e. The van der Waals surface area contributed by atoms with Crippen molar-refractivity contribution in [2.24, 2.45) is 0 Å². The molecule has 2 aliphatic rings. The highest BCUT2D eigenvalue weighted by Crippen LogP contribution is 2.36. The Morgan fingerprint density at radius 3 is 2.69 bits per heavy atom. The Bertz CT molecular complexity index is 1080. The van der Waals surface area contributed by atoms with E-state index in [-0.39, 0.29) is 5.75 Å². The van der Waals surface area contributed by atoms with Crippen LogP contribution in [0.3, 0.4) is 0 Å². The molecular formula is C23H26FN5O2S. The van der Waals surface area contributed by atoms with Gasteiger partial charge in [-0.25, -0.2) is 9.37 Å². The highest BCUT2D eigenvalue weighted by molar-refractivity contribution is 7.15. The molecule has 5 rings (SSSR count). The minimum Gasteiger partial charge on any atom is -0.507 e. The van der Waals surface area contributed by atoms with Gasteiger partial charge in [-0.1, -0.05) is 0 Å². The molecule has 9 heteroatoms. The molecule has 0 radical (unpaired) electrons. The van der Waals surface area contributed by atoms with E-state index < -0.39 is 5.82 Å². The zero-order valence-corrected chi connectivity index (χ0v) is 18.7. The maximum atomic E-state index is 14.8. The lowest BCUT2D eigenvalue weighted by molar-refractivity contribution is 0.0755. The van der Waals surface area contributed by atoms with Crippen LogP contribution in [0.5, 0.6) is 5.75 Å². The van der Waals surface area contributed by atoms with Crippen molar-refractivity contribution in [1.29, 1.82) is 0 Å². The molecule has 0 bridgehead atoms. The van der Waals surface area contributed by atoms with E-state index in [2.05, 4.69) is 25.4 Å². The predicted molar refractivity (Wildman–Crippen MR) is 123 cm³/mol. The van der Waals surface area contributed by atoms with E-state index in [1.165, 1.54) is 23.5 Å². The van der Waals surface area contributed by atoms with Crippen molar-refractivity contribution < 1.29 is 14.2 Å². The van der Waals surface area contributed by atoms with E-state index in [1.54, 1.807) is 12.3 Å². The minimum atomic E-state index is -0.422. The Kier molecular flexibility index (Phi) is 6.03. The lowest BCUT2D eigenvalue weighted by Crippen LogP contribution is -2.43. The zero-order chi connectivity index (χ0) is 22.1. The zero-order valence-electron chi connectivity index (χ0n) is 17.9. The van der Waals surface area contributed by atoms with Gasteiger partial charge in [-0.3, -0.25) is 0 Å². The monoisotopic (exact) mass is 455 g/mol. The first-order valence-corrected chi connectivity index (χ1v) is 11.8. The number of thiazole rings is 1. The molecule has 3 aromatic rings. The average molecular weight is 456 g/mol. The van der Waals surface area contributed by atoms with Gasteiger partial charge >= 0.3 is 0 Å². The number of benzene rings is 1. The van der Waals surface area contributed by atoms with Crippen LogP contribution in [0, 0.1) is 12.7 Å². The topological polar surface area (TPSA) is 83.4 Å². The summed E-state index contributed by atoms with van der Waals surface area (Å²) < 4.78 is 20.2. The van der Waals surface area contributed by atoms with E-state index >= 15 is 0 Å². The van der Waals surface area contributed by atoms with Crippen LogP contribution >= 0.6 is 11.3 Å². The van der Waals surface area contributed by atoms with Gasteiger partial charge in [0.25, 0.3) is 0 Å². The third-order valence-corrected chi connectivity index (χ3v) is 7.05. The van der Waals surface area contributed by atoms with Crippen molar-refractivity contribution in [2.45, 2.75) is 38.3 Å². The number of nitrogens with one attached hydrogen (secondary N) is 1. The number of rotatable bonds is 5. The molecule has 0 aliphatic carbocycles. The van der Waals surface area contributed by atoms with Crippen molar-refractivity contribution in [3.05, 3.63) is 41.3 Å². The highest BCUT2D eigenvalue weighted by atomic mass is 32.1. The van der Waals surface area contributed by atoms with Gasteiger partial charge < -0.3 is 20.1 Å². The second-order valence-corrected chi connectivity index (χ2v) is 9.59. The summed E-state index contributed by atoms with van der Waals surface area (Å²) in [6.45, 7) is 5.33. The van der Waals surface area contributed by atoms with Crippen LogP contribution in [0.1, 0.15) is 24.3 Å². The van der Waals surface area contributed by atoms with E-state index in [0.717, 1.165) is 56.4 Å². The van der Waals surface area contributed by atoms with E-state index in [9.17, 15) is 9.50 Å². The van der Waals surface area contributed by atoms with Gasteiger partial charge in [0.1, 0.15) is 11.6 Å². The van der Waals surface area contributed by atoms with Crippen LogP contribution in [0.25, 0.3) is 21.7 Å². The molecule has 0 unspecified atom stereocenters. The van der Waals surface area contributed by atoms with Crippen LogP contribution in [-0.4, -0.2) is 58.7 Å². The van der Waals surface area contributed by atoms with Gasteiger partial charge in [0, 0.05) is 55.7 Å². The van der Waals surface area contributed by atoms with Crippen molar-refractivity contribution >= 4 is 17.2 Å². The smallest absolute Gasteiger partial charge is 0.151 e. The number of nitrogens with zero attached hydrogens (tertiary/aromatic N) is 4. The van der Waals surface area contributed by atoms with E-state index in [0.29, 0.717) is 33.8 Å². The van der Waals surface area contributed by atoms with Crippen LogP contribution in [-0.2, 0) is 4.74 Å². The molecule has 4 heterocycles. The second-order valence-electron chi connectivity index (χ2n) is 8.35. The predicted octanol–water partition coefficient (Wildman–Crippen LogP) is 3.77. The molecule has 1 atom stereocenters. The van der Waals surface area contributed by atoms with Crippen molar-refractivity contribution in [3.8, 4) is 27.4 Å². The lowest BCUT2D eigenvalue weighted by atomic mass is 10.1. The van der Waals surface area contributed by atoms with Gasteiger partial charge in [-0.2, -0.15) is 0 Å². The van der Waals surface area contributed by atoms with Gasteiger partial charge in [-0.15, -0.1) is 21.5 Å². The molecule has 2 saturated heterocycles. The number of halogens is 1. The number of aryl methyl sites for hydroxylation is 1. The number of aromatic nitrogens is 3. The molecule has 0 spiro atoms. The molecule has 168 valence electrons. The number of aromatic hydroxyl groups is 1. The number of phenolic OH excluding ortho intramolecular Hbond substituents is 1. The molecule has 2 fully saturated rings. The fourth-order valence-corrected chi connectivity index (χ4v) is 5.18. The summed E-state index contributed by atoms with van der Waals surface area (Å²) >= 11 is 1.39. The van der Waals surface area contributed by atoms with Crippen LogP contribution in [0.4, 0.5) is 10.2 Å². The molecule has 2 N–H and O–H groups in total. The van der Waals surface area contributed by atoms with Gasteiger partial charge in [0.15, 0.2) is 5.82 Å². The number of ether oxygens (including phenoxy) is 1. The molecule has 7 nitrogen and oxygen atoms in total. The number of phenols is 1. The Labute approximate surface area is 190 Å². The summed E-state index contributed by atoms with van der Waals surface area (Å²) in [5.41, 5.74) is 1.10. The molecule has 2 aliphatic heterocycles. The second kappa shape index (κ2) is 9.09. The maximum absolute atomic E-state index is 14.8. The first-order chi connectivity index (χ1) is 15.6. The van der Waals surface area contributed by atoms with Crippen LogP contribution < -0.4 is 10.2 Å². The summed E-state index contributed by atoms with van der Waals surface area (Å²) in [4.78, 5) is 7.06. The van der Waals surface area contributed by atoms with Gasteiger partial charge in [-0.05, 0) is 50.5 Å². The van der Waals surface area contributed by atoms with E-state index in [1.807, 2.05) is 13.0 Å². The molecular weight excluding hydrogens is 429 g/mol. The average Bonchev–Trinajstić information content (AvgIpc) is 3.45. The number of hydrogen-bond donors (Lipinski definition) is 2. The Hall–Kier alpha value is -2.62. The summed E-state index contributed by atoms with van der Waals surface area (Å²) in [6, 6.07) is 7.37. The highest BCUT2D eigenvalue weighted by Gasteiger charge is 2.26. The fraction of sp³-hybridized carbons (Fsp3) is 0.435. The van der Waals surface area contributed by atoms with Gasteiger partial charge in [0.05, 0.1) is 15.6 Å². The van der Waals surface area contributed by atoms with Crippen LogP contribution in [0.15, 0.2) is 30.5 Å². The van der Waals surface area contributed by atoms with Crippen molar-refractivity contribution in [3.63, 3.8) is 0 Å². The molecule has 0 amide bonds. The largest absolute Gasteiger partial charge is 0.507 e. The standard InChI is InChI=1S/C23H26FN5O2S/c1-14-25-12-22(32-14)17-11-21(30)18(10-19(17)24)20-2-3-23(28-27-20)29-7-4-16(13-29)26-15-5-8-31-9-6-15/h2-3,10-12,15-16,26,30H,4-9,13H2,1H3/t16-/m0/s1. The first-order valence-electron chi connectivity index (χ1n) is 10.9. The van der Waals surface area contributed by atoms with Gasteiger partial charge in [0.2, 0.25) is 0 Å². The quantitative estimate of drug-likeness (QED) is 0.606. The first kappa shape index (κ1) is 21.2. The number of hydrogen-bond acceptors (Lipinski definition) is 8. The molecule has 1 aromatic carbocycles. The Morgan fingerprint density at radius 2 is 1.97 bits per heavy atom. The summed E-state index contributed by atoms with van der Waals surface area (Å²) in [5, 5.41) is 23.8. The third kappa shape index (κ3) is 4.46.